The number of nitrogens with one attached hydrogen (secondary N) is 1. The van der Waals surface area contributed by atoms with E-state index in [1.807, 2.05) is 0 Å². The van der Waals surface area contributed by atoms with Crippen LogP contribution in [-0.2, 0) is 14.4 Å². The minimum Gasteiger partial charge on any atom is -0.484 e. The van der Waals surface area contributed by atoms with Crippen LogP contribution < -0.4 is 20.7 Å². The number of para-hydroxylation sites is 1. The van der Waals surface area contributed by atoms with Crippen molar-refractivity contribution in [2.75, 3.05) is 23.4 Å². The molecule has 7 nitrogen and oxygen atoms in total. The molecule has 1 fully saturated rings. The van der Waals surface area contributed by atoms with Gasteiger partial charge in [0.2, 0.25) is 11.8 Å². The van der Waals surface area contributed by atoms with Gasteiger partial charge in [-0.05, 0) is 36.4 Å². The second kappa shape index (κ2) is 7.86. The molecule has 0 spiro atoms. The topological polar surface area (TPSA) is 102 Å². The molecule has 8 heteroatoms. The number of nitrogens with two attached hydrogens (primary N) is 1. The molecule has 3 N–H and O–H groups in total. The van der Waals surface area contributed by atoms with Crippen molar-refractivity contribution in [2.45, 2.75) is 6.42 Å². The summed E-state index contributed by atoms with van der Waals surface area (Å²) in [6.07, 6.45) is 0.101. The van der Waals surface area contributed by atoms with Crippen LogP contribution in [0.2, 0.25) is 0 Å². The summed E-state index contributed by atoms with van der Waals surface area (Å²) in [4.78, 5) is 36.6. The van der Waals surface area contributed by atoms with E-state index in [1.54, 1.807) is 30.3 Å². The van der Waals surface area contributed by atoms with E-state index in [0.717, 1.165) is 0 Å². The number of anilines is 2. The number of hydrogen-bond acceptors (Lipinski definition) is 4. The maximum Gasteiger partial charge on any atom is 0.262 e. The second-order valence-electron chi connectivity index (χ2n) is 6.12. The lowest BCUT2D eigenvalue weighted by Crippen LogP contribution is -2.28. The Kier molecular flexibility index (Phi) is 5.35. The highest BCUT2D eigenvalue weighted by Crippen LogP contribution is 2.26. The molecule has 2 aromatic rings. The quantitative estimate of drug-likeness (QED) is 0.807. The Hall–Kier alpha value is -3.42. The van der Waals surface area contributed by atoms with Gasteiger partial charge in [0.05, 0.1) is 11.6 Å². The third kappa shape index (κ3) is 4.41. The Bertz CT molecular complexity index is 870. The van der Waals surface area contributed by atoms with E-state index >= 15 is 0 Å². The summed E-state index contributed by atoms with van der Waals surface area (Å²) in [6.45, 7) is -0.0422. The van der Waals surface area contributed by atoms with Crippen LogP contribution in [0.25, 0.3) is 0 Å². The number of carbonyl (C=O) groups is 3. The van der Waals surface area contributed by atoms with E-state index in [2.05, 4.69) is 5.32 Å². The first-order valence-electron chi connectivity index (χ1n) is 8.31. The number of primary amides is 1. The molecule has 0 unspecified atom stereocenters. The van der Waals surface area contributed by atoms with Gasteiger partial charge in [0.15, 0.2) is 6.61 Å². The van der Waals surface area contributed by atoms with Crippen LogP contribution >= 0.6 is 0 Å². The molecule has 1 aliphatic heterocycles. The molecule has 140 valence electrons. The zero-order valence-corrected chi connectivity index (χ0v) is 14.4. The van der Waals surface area contributed by atoms with Crippen LogP contribution in [0.3, 0.4) is 0 Å². The summed E-state index contributed by atoms with van der Waals surface area (Å²) in [5.74, 6) is -1.76. The van der Waals surface area contributed by atoms with Gasteiger partial charge in [0.25, 0.3) is 5.91 Å². The van der Waals surface area contributed by atoms with Crippen molar-refractivity contribution in [3.05, 3.63) is 54.3 Å². The fourth-order valence-corrected chi connectivity index (χ4v) is 2.77. The average Bonchev–Trinajstić information content (AvgIpc) is 3.04. The number of amides is 3. The summed E-state index contributed by atoms with van der Waals surface area (Å²) in [5.41, 5.74) is 5.96. The monoisotopic (exact) mass is 371 g/mol. The standard InChI is InChI=1S/C19H18FN3O4/c20-15-3-1-2-4-16(15)22-17(24)11-27-14-7-5-13(6-8-14)23-10-12(19(21)26)9-18(23)25/h1-8,12H,9-11H2,(H2,21,26)(H,22,24)/t12-/m1/s1. The summed E-state index contributed by atoms with van der Waals surface area (Å²) >= 11 is 0. The first-order chi connectivity index (χ1) is 12.9. The van der Waals surface area contributed by atoms with Crippen molar-refractivity contribution in [1.82, 2.24) is 0 Å². The molecule has 1 atom stereocenters. The molecular formula is C19H18FN3O4. The molecule has 1 aliphatic rings. The van der Waals surface area contributed by atoms with Crippen molar-refractivity contribution in [1.29, 1.82) is 0 Å². The minimum absolute atomic E-state index is 0.0815. The van der Waals surface area contributed by atoms with Crippen LogP contribution in [0.15, 0.2) is 48.5 Å². The number of hydrogen-bond donors (Lipinski definition) is 2. The highest BCUT2D eigenvalue weighted by Gasteiger charge is 2.33. The average molecular weight is 371 g/mol. The molecule has 0 aromatic heterocycles. The molecule has 2 aromatic carbocycles. The van der Waals surface area contributed by atoms with Gasteiger partial charge in [0, 0.05) is 18.7 Å². The molecule has 1 heterocycles. The van der Waals surface area contributed by atoms with Crippen LogP contribution in [0.1, 0.15) is 6.42 Å². The number of ether oxygens (including phenoxy) is 1. The predicted molar refractivity (Wildman–Crippen MR) is 96.6 cm³/mol. The fraction of sp³-hybridized carbons (Fsp3) is 0.211. The number of benzene rings is 2. The largest absolute Gasteiger partial charge is 0.484 e. The van der Waals surface area contributed by atoms with E-state index in [-0.39, 0.29) is 31.2 Å². The molecule has 0 aliphatic carbocycles. The zero-order valence-electron chi connectivity index (χ0n) is 14.4. The lowest BCUT2D eigenvalue weighted by Gasteiger charge is -2.16. The molecule has 3 rings (SSSR count). The van der Waals surface area contributed by atoms with Crippen LogP contribution in [0.5, 0.6) is 5.75 Å². The Morgan fingerprint density at radius 3 is 2.52 bits per heavy atom. The second-order valence-corrected chi connectivity index (χ2v) is 6.12. The van der Waals surface area contributed by atoms with Crippen molar-refractivity contribution in [2.24, 2.45) is 11.7 Å². The number of rotatable bonds is 6. The Morgan fingerprint density at radius 1 is 1.19 bits per heavy atom. The van der Waals surface area contributed by atoms with Gasteiger partial charge in [-0.1, -0.05) is 12.1 Å². The summed E-state index contributed by atoms with van der Waals surface area (Å²) in [6, 6.07) is 12.4. The first-order valence-corrected chi connectivity index (χ1v) is 8.31. The van der Waals surface area contributed by atoms with Crippen LogP contribution in [0.4, 0.5) is 15.8 Å². The van der Waals surface area contributed by atoms with Crippen molar-refractivity contribution >= 4 is 29.1 Å². The van der Waals surface area contributed by atoms with Crippen LogP contribution in [-0.4, -0.2) is 30.9 Å². The fourth-order valence-electron chi connectivity index (χ4n) is 2.77. The molecule has 0 radical (unpaired) electrons. The van der Waals surface area contributed by atoms with E-state index < -0.39 is 23.5 Å². The summed E-state index contributed by atoms with van der Waals surface area (Å²) in [7, 11) is 0. The highest BCUT2D eigenvalue weighted by atomic mass is 19.1. The number of halogens is 1. The van der Waals surface area contributed by atoms with Crippen molar-refractivity contribution in [3.8, 4) is 5.75 Å². The number of carbonyl (C=O) groups excluding carboxylic acids is 3. The van der Waals surface area contributed by atoms with Gasteiger partial charge < -0.3 is 20.7 Å². The first kappa shape index (κ1) is 18.4. The van der Waals surface area contributed by atoms with Gasteiger partial charge in [-0.15, -0.1) is 0 Å². The van der Waals surface area contributed by atoms with Crippen molar-refractivity contribution < 1.29 is 23.5 Å². The lowest BCUT2D eigenvalue weighted by atomic mass is 10.1. The van der Waals surface area contributed by atoms with E-state index in [9.17, 15) is 18.8 Å². The van der Waals surface area contributed by atoms with E-state index in [4.69, 9.17) is 10.5 Å². The third-order valence-electron chi connectivity index (χ3n) is 4.19. The zero-order chi connectivity index (χ0) is 19.4. The minimum atomic E-state index is -0.528. The van der Waals surface area contributed by atoms with Gasteiger partial charge in [-0.3, -0.25) is 14.4 Å². The molecule has 3 amide bonds. The predicted octanol–water partition coefficient (Wildman–Crippen LogP) is 1.68. The summed E-state index contributed by atoms with van der Waals surface area (Å²) < 4.78 is 18.9. The molecule has 0 saturated carbocycles. The van der Waals surface area contributed by atoms with Gasteiger partial charge >= 0.3 is 0 Å². The smallest absolute Gasteiger partial charge is 0.262 e. The van der Waals surface area contributed by atoms with Crippen LogP contribution in [0, 0.1) is 11.7 Å². The van der Waals surface area contributed by atoms with Gasteiger partial charge in [-0.2, -0.15) is 0 Å². The highest BCUT2D eigenvalue weighted by molar-refractivity contribution is 6.00. The van der Waals surface area contributed by atoms with E-state index in [0.29, 0.717) is 11.4 Å². The lowest BCUT2D eigenvalue weighted by molar-refractivity contribution is -0.123. The van der Waals surface area contributed by atoms with Gasteiger partial charge in [-0.25, -0.2) is 4.39 Å². The normalized spacial score (nSPS) is 16.3. The molecular weight excluding hydrogens is 353 g/mol. The Labute approximate surface area is 154 Å². The molecule has 0 bridgehead atoms. The third-order valence-corrected chi connectivity index (χ3v) is 4.19. The van der Waals surface area contributed by atoms with Gasteiger partial charge in [0.1, 0.15) is 11.6 Å². The summed E-state index contributed by atoms with van der Waals surface area (Å²) in [5, 5.41) is 2.42. The Morgan fingerprint density at radius 2 is 1.89 bits per heavy atom. The maximum absolute atomic E-state index is 13.5. The van der Waals surface area contributed by atoms with Crippen molar-refractivity contribution in [3.63, 3.8) is 0 Å². The molecule has 27 heavy (non-hydrogen) atoms. The van der Waals surface area contributed by atoms with E-state index in [1.165, 1.54) is 23.1 Å². The maximum atomic E-state index is 13.5. The molecule has 1 saturated heterocycles. The number of nitrogens with zero attached hydrogens (tertiary/aromatic N) is 1. The Balaban J connectivity index is 1.55. The SMILES string of the molecule is NC(=O)[C@@H]1CC(=O)N(c2ccc(OCC(=O)Nc3ccccc3F)cc2)C1.